The summed E-state index contributed by atoms with van der Waals surface area (Å²) in [4.78, 5) is 43.6. The van der Waals surface area contributed by atoms with Gasteiger partial charge in [-0.25, -0.2) is 10.9 Å². The number of non-ortho nitro benzene ring substituents is 2. The second-order valence-electron chi connectivity index (χ2n) is 6.15. The van der Waals surface area contributed by atoms with Crippen molar-refractivity contribution in [1.29, 1.82) is 0 Å². The molecule has 0 radical (unpaired) electrons. The molecule has 0 aliphatic heterocycles. The summed E-state index contributed by atoms with van der Waals surface area (Å²) in [6.45, 7) is 0. The van der Waals surface area contributed by atoms with E-state index in [1.54, 1.807) is 0 Å². The number of hydrogen-bond acceptors (Lipinski definition) is 8. The highest BCUT2D eigenvalue weighted by atomic mass is 35.5. The van der Waals surface area contributed by atoms with Gasteiger partial charge in [0.25, 0.3) is 11.4 Å². The summed E-state index contributed by atoms with van der Waals surface area (Å²) in [6.07, 6.45) is 4.98. The molecule has 0 saturated carbocycles. The Bertz CT molecular complexity index is 1110. The van der Waals surface area contributed by atoms with Crippen LogP contribution in [0.3, 0.4) is 0 Å². The van der Waals surface area contributed by atoms with E-state index in [9.17, 15) is 29.8 Å². The van der Waals surface area contributed by atoms with Gasteiger partial charge < -0.3 is 0 Å². The van der Waals surface area contributed by atoms with Crippen LogP contribution in [0.4, 0.5) is 11.4 Å². The van der Waals surface area contributed by atoms with Gasteiger partial charge in [0.15, 0.2) is 0 Å². The van der Waals surface area contributed by atoms with E-state index in [0.717, 1.165) is 12.4 Å². The number of allylic oxidation sites excluding steroid dienone is 2. The molecule has 0 unspecified atom stereocenters. The van der Waals surface area contributed by atoms with Gasteiger partial charge in [-0.15, -0.1) is 0 Å². The fourth-order valence-corrected chi connectivity index (χ4v) is 2.53. The predicted molar refractivity (Wildman–Crippen MR) is 127 cm³/mol. The van der Waals surface area contributed by atoms with Gasteiger partial charge in [-0.2, -0.15) is 10.2 Å². The Morgan fingerprint density at radius 2 is 1.03 bits per heavy atom. The number of carbonyl (C=O) groups is 2. The van der Waals surface area contributed by atoms with E-state index in [2.05, 4.69) is 10.2 Å². The summed E-state index contributed by atoms with van der Waals surface area (Å²) >= 11 is 11.9. The molecule has 2 amide bonds. The molecular formula is C20H14Cl2N6O6. The second-order valence-corrected chi connectivity index (χ2v) is 7.03. The first kappa shape index (κ1) is 25.8. The number of carbonyl (C=O) groups excluding carboxylic acids is 2. The van der Waals surface area contributed by atoms with Gasteiger partial charge in [0.1, 0.15) is 0 Å². The van der Waals surface area contributed by atoms with Crippen LogP contribution in [-0.4, -0.2) is 34.1 Å². The highest BCUT2D eigenvalue weighted by molar-refractivity contribution is 6.42. The third-order valence-corrected chi connectivity index (χ3v) is 4.14. The Balaban J connectivity index is 1.84. The molecule has 12 nitrogen and oxygen atoms in total. The van der Waals surface area contributed by atoms with E-state index in [1.165, 1.54) is 60.7 Å². The number of nitro benzene ring substituents is 2. The van der Waals surface area contributed by atoms with Crippen LogP contribution in [0.15, 0.2) is 68.8 Å². The van der Waals surface area contributed by atoms with Crippen molar-refractivity contribution < 1.29 is 19.4 Å². The lowest BCUT2D eigenvalue weighted by Gasteiger charge is -1.98. The molecule has 0 spiro atoms. The SMILES string of the molecule is O=C(N/N=C\C(Cl)=C\c1ccc([N+](=O)[O-])cc1)C(=O)N/N=C\C(Cl)=C\c1ccc([N+](=O)[O-])cc1. The number of nitrogens with one attached hydrogen (secondary N) is 2. The molecule has 2 aromatic rings. The average molecular weight is 505 g/mol. The Kier molecular flexibility index (Phi) is 9.56. The molecule has 0 aliphatic carbocycles. The molecule has 174 valence electrons. The van der Waals surface area contributed by atoms with Crippen LogP contribution >= 0.6 is 23.2 Å². The lowest BCUT2D eigenvalue weighted by molar-refractivity contribution is -0.385. The molecule has 14 heteroatoms. The topological polar surface area (TPSA) is 169 Å². The summed E-state index contributed by atoms with van der Waals surface area (Å²) in [7, 11) is 0. The number of nitrogens with zero attached hydrogens (tertiary/aromatic N) is 4. The third-order valence-electron chi connectivity index (χ3n) is 3.73. The normalized spacial score (nSPS) is 12.1. The minimum atomic E-state index is -1.14. The number of rotatable bonds is 8. The molecule has 0 fully saturated rings. The van der Waals surface area contributed by atoms with E-state index in [4.69, 9.17) is 23.2 Å². The fraction of sp³-hybridized carbons (Fsp3) is 0. The Morgan fingerprint density at radius 3 is 1.32 bits per heavy atom. The Labute approximate surface area is 201 Å². The van der Waals surface area contributed by atoms with Crippen molar-refractivity contribution in [3.63, 3.8) is 0 Å². The molecule has 0 bridgehead atoms. The van der Waals surface area contributed by atoms with Gasteiger partial charge >= 0.3 is 11.8 Å². The smallest absolute Gasteiger partial charge is 0.262 e. The summed E-state index contributed by atoms with van der Waals surface area (Å²) in [6, 6.07) is 11.1. The first-order valence-corrected chi connectivity index (χ1v) is 9.81. The van der Waals surface area contributed by atoms with Gasteiger partial charge in [-0.05, 0) is 47.5 Å². The second kappa shape index (κ2) is 12.6. The van der Waals surface area contributed by atoms with E-state index < -0.39 is 21.7 Å². The van der Waals surface area contributed by atoms with E-state index in [1.807, 2.05) is 10.9 Å². The first-order valence-electron chi connectivity index (χ1n) is 9.05. The van der Waals surface area contributed by atoms with Crippen LogP contribution in [0.1, 0.15) is 11.1 Å². The number of nitro groups is 2. The van der Waals surface area contributed by atoms with Gasteiger partial charge in [0.2, 0.25) is 0 Å². The van der Waals surface area contributed by atoms with Gasteiger partial charge in [-0.3, -0.25) is 29.8 Å². The Hall–Kier alpha value is -4.42. The molecule has 0 aliphatic rings. The summed E-state index contributed by atoms with van der Waals surface area (Å²) in [5.74, 6) is -2.27. The van der Waals surface area contributed by atoms with E-state index >= 15 is 0 Å². The van der Waals surface area contributed by atoms with Crippen LogP contribution in [0.2, 0.25) is 0 Å². The number of hydrogen-bond donors (Lipinski definition) is 2. The standard InChI is InChI=1S/C20H14Cl2N6O6/c21-15(9-13-1-5-17(6-2-13)27(31)32)11-23-25-19(29)20(30)26-24-12-16(22)10-14-3-7-18(8-4-14)28(33)34/h1-12H,(H,25,29)(H,26,30)/b15-9-,16-10-,23-11-,24-12-. The molecule has 2 N–H and O–H groups in total. The van der Waals surface area contributed by atoms with Crippen molar-refractivity contribution in [3.8, 4) is 0 Å². The number of hydrazone groups is 2. The monoisotopic (exact) mass is 504 g/mol. The van der Waals surface area contributed by atoms with Crippen molar-refractivity contribution in [2.45, 2.75) is 0 Å². The number of benzene rings is 2. The summed E-state index contributed by atoms with van der Waals surface area (Å²) < 4.78 is 0. The zero-order chi connectivity index (χ0) is 25.1. The molecule has 0 aromatic heterocycles. The zero-order valence-corrected chi connectivity index (χ0v) is 18.4. The molecule has 2 aromatic carbocycles. The van der Waals surface area contributed by atoms with Crippen molar-refractivity contribution >= 4 is 71.0 Å². The van der Waals surface area contributed by atoms with Crippen LogP contribution in [0.25, 0.3) is 12.2 Å². The molecule has 34 heavy (non-hydrogen) atoms. The lowest BCUT2D eigenvalue weighted by Crippen LogP contribution is -2.35. The first-order chi connectivity index (χ1) is 16.2. The number of amides is 2. The zero-order valence-electron chi connectivity index (χ0n) is 16.9. The van der Waals surface area contributed by atoms with Crippen LogP contribution < -0.4 is 10.9 Å². The van der Waals surface area contributed by atoms with Gasteiger partial charge in [-0.1, -0.05) is 23.2 Å². The van der Waals surface area contributed by atoms with Gasteiger partial charge in [0, 0.05) is 24.3 Å². The molecule has 0 saturated heterocycles. The maximum absolute atomic E-state index is 11.7. The minimum absolute atomic E-state index is 0.0778. The van der Waals surface area contributed by atoms with Crippen molar-refractivity contribution in [3.05, 3.63) is 90.0 Å². The van der Waals surface area contributed by atoms with Crippen molar-refractivity contribution in [1.82, 2.24) is 10.9 Å². The molecule has 0 atom stereocenters. The lowest BCUT2D eigenvalue weighted by atomic mass is 10.2. The van der Waals surface area contributed by atoms with Crippen molar-refractivity contribution in [2.75, 3.05) is 0 Å². The highest BCUT2D eigenvalue weighted by Gasteiger charge is 2.11. The highest BCUT2D eigenvalue weighted by Crippen LogP contribution is 2.16. The quantitative estimate of drug-likeness (QED) is 0.241. The van der Waals surface area contributed by atoms with Crippen LogP contribution in [0, 0.1) is 20.2 Å². The van der Waals surface area contributed by atoms with E-state index in [-0.39, 0.29) is 21.4 Å². The maximum atomic E-state index is 11.7. The van der Waals surface area contributed by atoms with Gasteiger partial charge in [0.05, 0.1) is 32.3 Å². The average Bonchev–Trinajstić information content (AvgIpc) is 2.79. The Morgan fingerprint density at radius 1 is 0.706 bits per heavy atom. The fourth-order valence-electron chi connectivity index (χ4n) is 2.18. The van der Waals surface area contributed by atoms with Crippen LogP contribution in [0.5, 0.6) is 0 Å². The molecule has 2 rings (SSSR count). The summed E-state index contributed by atoms with van der Waals surface area (Å²) in [5, 5.41) is 28.5. The number of halogens is 2. The van der Waals surface area contributed by atoms with Crippen molar-refractivity contribution in [2.24, 2.45) is 10.2 Å². The minimum Gasteiger partial charge on any atom is -0.262 e. The van der Waals surface area contributed by atoms with Crippen LogP contribution in [-0.2, 0) is 9.59 Å². The third kappa shape index (κ3) is 8.61. The summed E-state index contributed by atoms with van der Waals surface area (Å²) in [5.41, 5.74) is 4.84. The molecular weight excluding hydrogens is 491 g/mol. The largest absolute Gasteiger partial charge is 0.331 e. The predicted octanol–water partition coefficient (Wildman–Crippen LogP) is 3.57. The maximum Gasteiger partial charge on any atom is 0.331 e. The molecule has 0 heterocycles. The van der Waals surface area contributed by atoms with E-state index in [0.29, 0.717) is 11.1 Å².